The summed E-state index contributed by atoms with van der Waals surface area (Å²) in [5.74, 6) is 0.603. The van der Waals surface area contributed by atoms with Gasteiger partial charge in [-0.15, -0.1) is 5.10 Å². The van der Waals surface area contributed by atoms with Gasteiger partial charge in [-0.25, -0.2) is 0 Å². The minimum atomic E-state index is 0.282. The smallest absolute Gasteiger partial charge is 0.315 e. The molecule has 0 aliphatic heterocycles. The van der Waals surface area contributed by atoms with Gasteiger partial charge in [0.15, 0.2) is 0 Å². The largest absolute Gasteiger partial charge is 0.407 e. The van der Waals surface area contributed by atoms with Crippen molar-refractivity contribution in [3.05, 3.63) is 41.3 Å². The topological polar surface area (TPSA) is 63.0 Å². The molecular weight excluding hydrogens is 228 g/mol. The van der Waals surface area contributed by atoms with Crippen molar-refractivity contribution in [3.63, 3.8) is 0 Å². The van der Waals surface area contributed by atoms with E-state index in [-0.39, 0.29) is 6.04 Å². The first kappa shape index (κ1) is 11.2. The van der Waals surface area contributed by atoms with E-state index in [9.17, 15) is 0 Å². The molecule has 1 unspecified atom stereocenters. The summed E-state index contributed by atoms with van der Waals surface area (Å²) in [6, 6.07) is 9.27. The second-order valence-electron chi connectivity index (χ2n) is 4.47. The molecule has 0 saturated carbocycles. The maximum absolute atomic E-state index is 5.51. The van der Waals surface area contributed by atoms with E-state index in [1.165, 1.54) is 11.1 Å². The summed E-state index contributed by atoms with van der Waals surface area (Å²) in [4.78, 5) is 0. The van der Waals surface area contributed by atoms with Gasteiger partial charge in [0, 0.05) is 0 Å². The lowest BCUT2D eigenvalue weighted by atomic mass is 10.1. The highest BCUT2D eigenvalue weighted by atomic mass is 16.4. The second-order valence-corrected chi connectivity index (χ2v) is 4.47. The Bertz CT molecular complexity index is 537. The van der Waals surface area contributed by atoms with Crippen LogP contribution in [0.5, 0.6) is 0 Å². The highest BCUT2D eigenvalue weighted by molar-refractivity contribution is 5.39. The summed E-state index contributed by atoms with van der Waals surface area (Å²) in [6.45, 7) is 0.593. The van der Waals surface area contributed by atoms with E-state index in [4.69, 9.17) is 4.42 Å². The average Bonchev–Trinajstić information content (AvgIpc) is 2.99. The number of aromatic nitrogens is 2. The molecule has 0 saturated heterocycles. The number of hydrogen-bond donors (Lipinski definition) is 2. The van der Waals surface area contributed by atoms with Crippen LogP contribution in [-0.4, -0.2) is 17.2 Å². The van der Waals surface area contributed by atoms with Gasteiger partial charge in [0.05, 0.1) is 12.6 Å². The van der Waals surface area contributed by atoms with Crippen LogP contribution in [0.2, 0.25) is 0 Å². The van der Waals surface area contributed by atoms with Crippen LogP contribution in [0, 0.1) is 0 Å². The predicted molar refractivity (Wildman–Crippen MR) is 68.2 cm³/mol. The Kier molecular flexibility index (Phi) is 2.98. The van der Waals surface area contributed by atoms with E-state index in [2.05, 4.69) is 45.1 Å². The van der Waals surface area contributed by atoms with Crippen molar-refractivity contribution in [2.75, 3.05) is 12.4 Å². The number of hydrogen-bond acceptors (Lipinski definition) is 5. The molecule has 1 atom stereocenters. The molecule has 1 heterocycles. The normalized spacial score (nSPS) is 17.7. The van der Waals surface area contributed by atoms with Gasteiger partial charge < -0.3 is 15.1 Å². The molecule has 0 radical (unpaired) electrons. The number of aryl methyl sites for hydroxylation is 1. The first-order chi connectivity index (χ1) is 8.86. The molecule has 5 heteroatoms. The second kappa shape index (κ2) is 4.78. The Balaban J connectivity index is 1.73. The van der Waals surface area contributed by atoms with Crippen molar-refractivity contribution >= 4 is 6.01 Å². The highest BCUT2D eigenvalue weighted by Gasteiger charge is 2.23. The van der Waals surface area contributed by atoms with Crippen molar-refractivity contribution in [1.29, 1.82) is 0 Å². The van der Waals surface area contributed by atoms with Crippen LogP contribution in [0.3, 0.4) is 0 Å². The Hall–Kier alpha value is -1.88. The zero-order valence-corrected chi connectivity index (χ0v) is 10.3. The molecule has 94 valence electrons. The quantitative estimate of drug-likeness (QED) is 0.860. The Morgan fingerprint density at radius 3 is 3.11 bits per heavy atom. The third-order valence-electron chi connectivity index (χ3n) is 3.23. The van der Waals surface area contributed by atoms with E-state index in [0.717, 1.165) is 12.8 Å². The summed E-state index contributed by atoms with van der Waals surface area (Å²) < 4.78 is 5.51. The summed E-state index contributed by atoms with van der Waals surface area (Å²) in [7, 11) is 1.85. The maximum atomic E-state index is 5.51. The van der Waals surface area contributed by atoms with Gasteiger partial charge in [0.25, 0.3) is 0 Å². The molecular formula is C13H16N4O. The van der Waals surface area contributed by atoms with E-state index in [1.807, 2.05) is 7.05 Å². The number of benzene rings is 1. The molecule has 18 heavy (non-hydrogen) atoms. The molecule has 2 aromatic rings. The van der Waals surface area contributed by atoms with Crippen molar-refractivity contribution in [2.24, 2.45) is 0 Å². The first-order valence-electron chi connectivity index (χ1n) is 6.18. The molecule has 3 rings (SSSR count). The molecule has 1 aromatic heterocycles. The monoisotopic (exact) mass is 244 g/mol. The molecule has 0 bridgehead atoms. The molecule has 1 aliphatic carbocycles. The number of nitrogens with zero attached hydrogens (tertiary/aromatic N) is 2. The lowest BCUT2D eigenvalue weighted by molar-refractivity contribution is 0.484. The zero-order chi connectivity index (χ0) is 12.4. The number of nitrogens with one attached hydrogen (secondary N) is 2. The van der Waals surface area contributed by atoms with Crippen LogP contribution >= 0.6 is 0 Å². The first-order valence-corrected chi connectivity index (χ1v) is 6.18. The summed E-state index contributed by atoms with van der Waals surface area (Å²) >= 11 is 0. The van der Waals surface area contributed by atoms with Crippen LogP contribution in [0.15, 0.2) is 28.7 Å². The third kappa shape index (κ3) is 2.09. The molecule has 5 nitrogen and oxygen atoms in total. The van der Waals surface area contributed by atoms with Crippen LogP contribution < -0.4 is 10.6 Å². The van der Waals surface area contributed by atoms with Crippen molar-refractivity contribution in [3.8, 4) is 0 Å². The third-order valence-corrected chi connectivity index (χ3v) is 3.23. The van der Waals surface area contributed by atoms with Gasteiger partial charge in [-0.3, -0.25) is 0 Å². The lowest BCUT2D eigenvalue weighted by Gasteiger charge is -2.11. The van der Waals surface area contributed by atoms with Gasteiger partial charge in [-0.1, -0.05) is 29.4 Å². The summed E-state index contributed by atoms with van der Waals surface area (Å²) in [5.41, 5.74) is 2.75. The molecule has 0 amide bonds. The van der Waals surface area contributed by atoms with Crippen LogP contribution in [0.1, 0.15) is 29.5 Å². The van der Waals surface area contributed by atoms with Gasteiger partial charge in [0.1, 0.15) is 0 Å². The standard InChI is InChI=1S/C13H16N4O/c1-14-8-12-16-17-13(18-12)15-11-7-6-9-4-2-3-5-10(9)11/h2-5,11,14H,6-8H2,1H3,(H,15,17). The Labute approximate surface area is 106 Å². The Morgan fingerprint density at radius 2 is 2.22 bits per heavy atom. The van der Waals surface area contributed by atoms with Crippen molar-refractivity contribution in [2.45, 2.75) is 25.4 Å². The molecule has 1 aromatic carbocycles. The highest BCUT2D eigenvalue weighted by Crippen LogP contribution is 2.33. The number of anilines is 1. The minimum absolute atomic E-state index is 0.282. The van der Waals surface area contributed by atoms with Crippen molar-refractivity contribution < 1.29 is 4.42 Å². The van der Waals surface area contributed by atoms with Crippen molar-refractivity contribution in [1.82, 2.24) is 15.5 Å². The van der Waals surface area contributed by atoms with E-state index in [0.29, 0.717) is 18.5 Å². The minimum Gasteiger partial charge on any atom is -0.407 e. The number of fused-ring (bicyclic) bond motifs is 1. The fourth-order valence-electron chi connectivity index (χ4n) is 2.39. The van der Waals surface area contributed by atoms with Crippen LogP contribution in [0.4, 0.5) is 6.01 Å². The summed E-state index contributed by atoms with van der Waals surface area (Å²) in [5, 5.41) is 14.3. The number of rotatable bonds is 4. The van der Waals surface area contributed by atoms with E-state index < -0.39 is 0 Å². The van der Waals surface area contributed by atoms with E-state index in [1.54, 1.807) is 0 Å². The maximum Gasteiger partial charge on any atom is 0.315 e. The SMILES string of the molecule is CNCc1nnc(NC2CCc3ccccc32)o1. The van der Waals surface area contributed by atoms with Gasteiger partial charge >= 0.3 is 6.01 Å². The van der Waals surface area contributed by atoms with Gasteiger partial charge in [0.2, 0.25) is 5.89 Å². The average molecular weight is 244 g/mol. The summed E-state index contributed by atoms with van der Waals surface area (Å²) in [6.07, 6.45) is 2.18. The zero-order valence-electron chi connectivity index (χ0n) is 10.3. The van der Waals surface area contributed by atoms with Crippen LogP contribution in [-0.2, 0) is 13.0 Å². The molecule has 0 fully saturated rings. The lowest BCUT2D eigenvalue weighted by Crippen LogP contribution is -2.07. The predicted octanol–water partition coefficient (Wildman–Crippen LogP) is 1.89. The van der Waals surface area contributed by atoms with Gasteiger partial charge in [-0.05, 0) is 31.0 Å². The fraction of sp³-hybridized carbons (Fsp3) is 0.385. The Morgan fingerprint density at radius 1 is 1.33 bits per heavy atom. The molecule has 0 spiro atoms. The molecule has 2 N–H and O–H groups in total. The molecule has 1 aliphatic rings. The van der Waals surface area contributed by atoms with E-state index >= 15 is 0 Å². The van der Waals surface area contributed by atoms with Crippen LogP contribution in [0.25, 0.3) is 0 Å². The fourth-order valence-corrected chi connectivity index (χ4v) is 2.39. The van der Waals surface area contributed by atoms with Gasteiger partial charge in [-0.2, -0.15) is 0 Å².